The highest BCUT2D eigenvalue weighted by atomic mass is 79.9. The molecule has 0 aliphatic carbocycles. The third-order valence-electron chi connectivity index (χ3n) is 2.74. The van der Waals surface area contributed by atoms with E-state index in [1.807, 2.05) is 37.4 Å². The molecular formula is C13H23BrN4O. The van der Waals surface area contributed by atoms with Gasteiger partial charge in [-0.1, -0.05) is 0 Å². The first-order valence-corrected chi connectivity index (χ1v) is 7.34. The number of aromatic nitrogens is 2. The zero-order valence-corrected chi connectivity index (χ0v) is 13.9. The second kappa shape index (κ2) is 7.05. The van der Waals surface area contributed by atoms with E-state index in [4.69, 9.17) is 0 Å². The fourth-order valence-corrected chi connectivity index (χ4v) is 2.35. The molecule has 1 aromatic rings. The first-order valence-electron chi connectivity index (χ1n) is 6.54. The van der Waals surface area contributed by atoms with Crippen LogP contribution in [0.5, 0.6) is 0 Å². The first kappa shape index (κ1) is 16.2. The van der Waals surface area contributed by atoms with E-state index in [0.717, 1.165) is 22.4 Å². The zero-order chi connectivity index (χ0) is 14.6. The number of amides is 1. The molecule has 0 saturated carbocycles. The predicted molar refractivity (Wildman–Crippen MR) is 80.0 cm³/mol. The lowest BCUT2D eigenvalue weighted by Crippen LogP contribution is -2.38. The van der Waals surface area contributed by atoms with Crippen molar-refractivity contribution in [2.45, 2.75) is 46.8 Å². The Kier molecular flexibility index (Phi) is 6.00. The lowest BCUT2D eigenvalue weighted by atomic mass is 10.3. The molecular weight excluding hydrogens is 308 g/mol. The molecule has 1 heterocycles. The third kappa shape index (κ3) is 4.62. The van der Waals surface area contributed by atoms with Crippen LogP contribution in [0.3, 0.4) is 0 Å². The predicted octanol–water partition coefficient (Wildman–Crippen LogP) is 1.93. The van der Waals surface area contributed by atoms with Crippen molar-refractivity contribution in [1.82, 2.24) is 20.0 Å². The number of aryl methyl sites for hydroxylation is 2. The Labute approximate surface area is 123 Å². The van der Waals surface area contributed by atoms with E-state index in [2.05, 4.69) is 33.3 Å². The van der Waals surface area contributed by atoms with Crippen molar-refractivity contribution in [2.75, 3.05) is 13.6 Å². The van der Waals surface area contributed by atoms with E-state index in [9.17, 15) is 4.79 Å². The highest BCUT2D eigenvalue weighted by Gasteiger charge is 2.15. The van der Waals surface area contributed by atoms with Gasteiger partial charge in [0.25, 0.3) is 0 Å². The van der Waals surface area contributed by atoms with Crippen LogP contribution in [0.2, 0.25) is 0 Å². The zero-order valence-electron chi connectivity index (χ0n) is 12.3. The maximum atomic E-state index is 11.7. The van der Waals surface area contributed by atoms with Gasteiger partial charge in [-0.3, -0.25) is 14.4 Å². The summed E-state index contributed by atoms with van der Waals surface area (Å²) in [7, 11) is 1.94. The van der Waals surface area contributed by atoms with Gasteiger partial charge in [0.1, 0.15) is 0 Å². The van der Waals surface area contributed by atoms with Crippen LogP contribution in [-0.2, 0) is 17.9 Å². The van der Waals surface area contributed by atoms with Gasteiger partial charge in [-0.05, 0) is 50.7 Å². The molecule has 19 heavy (non-hydrogen) atoms. The van der Waals surface area contributed by atoms with Crippen LogP contribution in [0.25, 0.3) is 0 Å². The van der Waals surface area contributed by atoms with E-state index in [1.54, 1.807) is 0 Å². The van der Waals surface area contributed by atoms with Crippen molar-refractivity contribution in [3.05, 3.63) is 15.9 Å². The number of likely N-dealkylation sites (N-methyl/N-ethyl adjacent to an activating group) is 1. The molecule has 0 aliphatic rings. The van der Waals surface area contributed by atoms with Crippen LogP contribution in [0, 0.1) is 6.92 Å². The number of rotatable bonds is 6. The number of hydrogen-bond donors (Lipinski definition) is 1. The van der Waals surface area contributed by atoms with Gasteiger partial charge in [-0.2, -0.15) is 5.10 Å². The Bertz CT molecular complexity index is 442. The van der Waals surface area contributed by atoms with Crippen LogP contribution < -0.4 is 5.32 Å². The minimum absolute atomic E-state index is 0.0490. The number of nitrogens with zero attached hydrogens (tertiary/aromatic N) is 3. The first-order chi connectivity index (χ1) is 8.85. The van der Waals surface area contributed by atoms with Gasteiger partial charge in [-0.25, -0.2) is 0 Å². The second-order valence-electron chi connectivity index (χ2n) is 5.06. The summed E-state index contributed by atoms with van der Waals surface area (Å²) in [5, 5.41) is 7.34. The second-order valence-corrected chi connectivity index (χ2v) is 5.85. The van der Waals surface area contributed by atoms with E-state index >= 15 is 0 Å². The number of carbonyl (C=O) groups is 1. The Balaban J connectivity index is 2.66. The number of hydrogen-bond acceptors (Lipinski definition) is 3. The summed E-state index contributed by atoms with van der Waals surface area (Å²) in [5.41, 5.74) is 2.09. The maximum absolute atomic E-state index is 11.7. The normalized spacial score (nSPS) is 11.4. The van der Waals surface area contributed by atoms with Gasteiger partial charge in [0.2, 0.25) is 5.91 Å². The highest BCUT2D eigenvalue weighted by molar-refractivity contribution is 9.10. The average molecular weight is 331 g/mol. The minimum atomic E-state index is 0.0490. The molecule has 108 valence electrons. The molecule has 1 amide bonds. The van der Waals surface area contributed by atoms with E-state index in [0.29, 0.717) is 13.1 Å². The van der Waals surface area contributed by atoms with Crippen molar-refractivity contribution in [3.63, 3.8) is 0 Å². The number of carbonyl (C=O) groups excluding carboxylic acids is 1. The molecule has 0 aromatic carbocycles. The topological polar surface area (TPSA) is 50.2 Å². The van der Waals surface area contributed by atoms with Gasteiger partial charge in [0.05, 0.1) is 22.4 Å². The third-order valence-corrected chi connectivity index (χ3v) is 3.77. The van der Waals surface area contributed by atoms with Crippen molar-refractivity contribution < 1.29 is 4.79 Å². The van der Waals surface area contributed by atoms with Crippen LogP contribution in [0.15, 0.2) is 4.47 Å². The summed E-state index contributed by atoms with van der Waals surface area (Å²) in [5.74, 6) is 0.0490. The summed E-state index contributed by atoms with van der Waals surface area (Å²) < 4.78 is 3.00. The lowest BCUT2D eigenvalue weighted by molar-refractivity contribution is -0.122. The van der Waals surface area contributed by atoms with Crippen LogP contribution in [0.4, 0.5) is 0 Å². The Morgan fingerprint density at radius 1 is 1.53 bits per heavy atom. The highest BCUT2D eigenvalue weighted by Crippen LogP contribution is 2.22. The molecule has 1 N–H and O–H groups in total. The van der Waals surface area contributed by atoms with Crippen LogP contribution >= 0.6 is 15.9 Å². The molecule has 0 radical (unpaired) electrons. The van der Waals surface area contributed by atoms with Crippen molar-refractivity contribution >= 4 is 21.8 Å². The molecule has 0 bridgehead atoms. The fraction of sp³-hybridized carbons (Fsp3) is 0.692. The van der Waals surface area contributed by atoms with Crippen LogP contribution in [0.1, 0.15) is 32.2 Å². The number of nitrogens with one attached hydrogen (secondary N) is 1. The molecule has 6 heteroatoms. The molecule has 5 nitrogen and oxygen atoms in total. The van der Waals surface area contributed by atoms with Gasteiger partial charge in [0, 0.05) is 19.1 Å². The Morgan fingerprint density at radius 2 is 2.16 bits per heavy atom. The van der Waals surface area contributed by atoms with Crippen molar-refractivity contribution in [2.24, 2.45) is 0 Å². The Hall–Kier alpha value is -0.880. The van der Waals surface area contributed by atoms with Gasteiger partial charge in [-0.15, -0.1) is 0 Å². The number of halogens is 1. The summed E-state index contributed by atoms with van der Waals surface area (Å²) in [6.45, 7) is 9.88. The van der Waals surface area contributed by atoms with Gasteiger partial charge in [0.15, 0.2) is 0 Å². The largest absolute Gasteiger partial charge is 0.353 e. The fourth-order valence-electron chi connectivity index (χ4n) is 1.94. The SMILES string of the molecule is CCn1nc(C)c(Br)c1CN(C)CC(=O)NC(C)C. The molecule has 0 spiro atoms. The average Bonchev–Trinajstić information content (AvgIpc) is 2.55. The lowest BCUT2D eigenvalue weighted by Gasteiger charge is -2.18. The van der Waals surface area contributed by atoms with E-state index < -0.39 is 0 Å². The van der Waals surface area contributed by atoms with Crippen molar-refractivity contribution in [3.8, 4) is 0 Å². The molecule has 1 aromatic heterocycles. The monoisotopic (exact) mass is 330 g/mol. The molecule has 0 aliphatic heterocycles. The minimum Gasteiger partial charge on any atom is -0.353 e. The van der Waals surface area contributed by atoms with Crippen LogP contribution in [-0.4, -0.2) is 40.2 Å². The molecule has 0 saturated heterocycles. The molecule has 0 fully saturated rings. The summed E-state index contributed by atoms with van der Waals surface area (Å²) in [4.78, 5) is 13.7. The molecule has 1 rings (SSSR count). The smallest absolute Gasteiger partial charge is 0.234 e. The standard InChI is InChI=1S/C13H23BrN4O/c1-6-18-11(13(14)10(4)16-18)7-17(5)8-12(19)15-9(2)3/h9H,6-8H2,1-5H3,(H,15,19). The molecule has 0 unspecified atom stereocenters. The molecule has 0 atom stereocenters. The van der Waals surface area contributed by atoms with E-state index in [-0.39, 0.29) is 11.9 Å². The Morgan fingerprint density at radius 3 is 2.68 bits per heavy atom. The van der Waals surface area contributed by atoms with Crippen molar-refractivity contribution in [1.29, 1.82) is 0 Å². The summed E-state index contributed by atoms with van der Waals surface area (Å²) >= 11 is 3.57. The quantitative estimate of drug-likeness (QED) is 0.867. The van der Waals surface area contributed by atoms with E-state index in [1.165, 1.54) is 0 Å². The van der Waals surface area contributed by atoms with Gasteiger partial charge < -0.3 is 5.32 Å². The summed E-state index contributed by atoms with van der Waals surface area (Å²) in [6.07, 6.45) is 0. The van der Waals surface area contributed by atoms with Gasteiger partial charge >= 0.3 is 0 Å². The summed E-state index contributed by atoms with van der Waals surface area (Å²) in [6, 6.07) is 0.177. The maximum Gasteiger partial charge on any atom is 0.234 e.